The Kier molecular flexibility index (Phi) is 6.39. The molecular weight excluding hydrogens is 397 g/mol. The number of nitrogens with zero attached hydrogens (tertiary/aromatic N) is 2. The summed E-state index contributed by atoms with van der Waals surface area (Å²) in [6, 6.07) is 8.48. The minimum atomic E-state index is -0.364. The van der Waals surface area contributed by atoms with Crippen LogP contribution in [0, 0.1) is 5.82 Å². The van der Waals surface area contributed by atoms with Gasteiger partial charge in [-0.15, -0.1) is 0 Å². The molecule has 2 heterocycles. The number of hydrogen-bond donors (Lipinski definition) is 1. The zero-order valence-corrected chi connectivity index (χ0v) is 16.0. The lowest BCUT2D eigenvalue weighted by atomic mass is 10.1. The molecular formula is C20H21BrFN3O. The van der Waals surface area contributed by atoms with Gasteiger partial charge in [-0.2, -0.15) is 0 Å². The summed E-state index contributed by atoms with van der Waals surface area (Å²) in [4.78, 5) is 18.9. The maximum Gasteiger partial charge on any atom is 0.244 e. The number of carbonyl (C=O) groups excluding carboxylic acids is 1. The van der Waals surface area contributed by atoms with Crippen molar-refractivity contribution in [3.8, 4) is 0 Å². The van der Waals surface area contributed by atoms with Crippen molar-refractivity contribution in [3.63, 3.8) is 0 Å². The van der Waals surface area contributed by atoms with E-state index in [1.807, 2.05) is 12.1 Å². The van der Waals surface area contributed by atoms with Crippen LogP contribution in [-0.4, -0.2) is 24.0 Å². The first-order valence-electron chi connectivity index (χ1n) is 8.73. The fourth-order valence-corrected chi connectivity index (χ4v) is 3.39. The van der Waals surface area contributed by atoms with E-state index in [9.17, 15) is 9.18 Å². The summed E-state index contributed by atoms with van der Waals surface area (Å²) < 4.78 is 14.5. The summed E-state index contributed by atoms with van der Waals surface area (Å²) in [5.41, 5.74) is 1.36. The molecule has 3 rings (SSSR count). The quantitative estimate of drug-likeness (QED) is 0.737. The van der Waals surface area contributed by atoms with E-state index < -0.39 is 0 Å². The summed E-state index contributed by atoms with van der Waals surface area (Å²) in [5, 5.41) is 2.86. The number of anilines is 1. The van der Waals surface area contributed by atoms with Crippen molar-refractivity contribution >= 4 is 33.7 Å². The third-order valence-electron chi connectivity index (χ3n) is 4.35. The van der Waals surface area contributed by atoms with Crippen LogP contribution in [0.3, 0.4) is 0 Å². The Balaban J connectivity index is 1.63. The number of carbonyl (C=O) groups is 1. The van der Waals surface area contributed by atoms with Crippen LogP contribution >= 0.6 is 15.9 Å². The number of rotatable bonds is 5. The second kappa shape index (κ2) is 8.94. The van der Waals surface area contributed by atoms with Gasteiger partial charge in [0.15, 0.2) is 0 Å². The van der Waals surface area contributed by atoms with Crippen LogP contribution < -0.4 is 10.2 Å². The zero-order chi connectivity index (χ0) is 18.4. The number of benzene rings is 1. The van der Waals surface area contributed by atoms with E-state index in [1.54, 1.807) is 18.3 Å². The van der Waals surface area contributed by atoms with Gasteiger partial charge < -0.3 is 10.2 Å². The summed E-state index contributed by atoms with van der Waals surface area (Å²) in [7, 11) is 0. The van der Waals surface area contributed by atoms with Gasteiger partial charge in [-0.25, -0.2) is 9.37 Å². The predicted molar refractivity (Wildman–Crippen MR) is 105 cm³/mol. The molecule has 1 saturated heterocycles. The average Bonchev–Trinajstić information content (AvgIpc) is 2.68. The average molecular weight is 418 g/mol. The monoisotopic (exact) mass is 417 g/mol. The molecule has 0 saturated carbocycles. The zero-order valence-electron chi connectivity index (χ0n) is 14.4. The second-order valence-electron chi connectivity index (χ2n) is 6.25. The predicted octanol–water partition coefficient (Wildman–Crippen LogP) is 4.30. The minimum Gasteiger partial charge on any atom is -0.356 e. The van der Waals surface area contributed by atoms with Crippen molar-refractivity contribution < 1.29 is 9.18 Å². The van der Waals surface area contributed by atoms with Gasteiger partial charge in [0.2, 0.25) is 5.91 Å². The molecule has 1 aromatic heterocycles. The van der Waals surface area contributed by atoms with E-state index in [-0.39, 0.29) is 11.7 Å². The molecule has 0 spiro atoms. The van der Waals surface area contributed by atoms with Gasteiger partial charge in [0.25, 0.3) is 0 Å². The van der Waals surface area contributed by atoms with E-state index in [1.165, 1.54) is 37.5 Å². The van der Waals surface area contributed by atoms with Gasteiger partial charge in [0.1, 0.15) is 11.6 Å². The molecule has 1 aliphatic rings. The van der Waals surface area contributed by atoms with Crippen molar-refractivity contribution in [2.45, 2.75) is 25.8 Å². The first-order chi connectivity index (χ1) is 12.6. The molecule has 1 fully saturated rings. The summed E-state index contributed by atoms with van der Waals surface area (Å²) in [5.74, 6) is 0.309. The van der Waals surface area contributed by atoms with Crippen LogP contribution in [0.25, 0.3) is 6.08 Å². The van der Waals surface area contributed by atoms with Crippen LogP contribution in [0.1, 0.15) is 30.4 Å². The summed E-state index contributed by atoms with van der Waals surface area (Å²) in [6.07, 6.45) is 8.20. The van der Waals surface area contributed by atoms with Gasteiger partial charge in [-0.1, -0.05) is 22.0 Å². The number of hydrogen-bond acceptors (Lipinski definition) is 3. The fraction of sp³-hybridized carbons (Fsp3) is 0.300. The third-order valence-corrected chi connectivity index (χ3v) is 4.84. The van der Waals surface area contributed by atoms with E-state index in [0.717, 1.165) is 28.9 Å². The van der Waals surface area contributed by atoms with Crippen molar-refractivity contribution in [1.29, 1.82) is 0 Å². The van der Waals surface area contributed by atoms with E-state index in [4.69, 9.17) is 0 Å². The fourth-order valence-electron chi connectivity index (χ4n) is 3.01. The highest BCUT2D eigenvalue weighted by Crippen LogP contribution is 2.21. The van der Waals surface area contributed by atoms with Crippen LogP contribution in [0.5, 0.6) is 0 Å². The molecule has 26 heavy (non-hydrogen) atoms. The Morgan fingerprint density at radius 3 is 2.88 bits per heavy atom. The van der Waals surface area contributed by atoms with E-state index in [2.05, 4.69) is 31.1 Å². The third kappa shape index (κ3) is 4.91. The van der Waals surface area contributed by atoms with Crippen LogP contribution in [-0.2, 0) is 11.3 Å². The van der Waals surface area contributed by atoms with E-state index >= 15 is 0 Å². The Bertz CT molecular complexity index is 803. The lowest BCUT2D eigenvalue weighted by molar-refractivity contribution is -0.116. The summed E-state index contributed by atoms with van der Waals surface area (Å²) >= 11 is 3.30. The Hall–Kier alpha value is -2.21. The largest absolute Gasteiger partial charge is 0.356 e. The van der Waals surface area contributed by atoms with Gasteiger partial charge >= 0.3 is 0 Å². The van der Waals surface area contributed by atoms with Crippen LogP contribution in [0.4, 0.5) is 10.2 Å². The number of amides is 1. The van der Waals surface area contributed by atoms with Crippen molar-refractivity contribution in [2.75, 3.05) is 18.0 Å². The lowest BCUT2D eigenvalue weighted by Crippen LogP contribution is -2.32. The molecule has 1 amide bonds. The second-order valence-corrected chi connectivity index (χ2v) is 7.17. The molecule has 6 heteroatoms. The van der Waals surface area contributed by atoms with Crippen molar-refractivity contribution in [1.82, 2.24) is 10.3 Å². The van der Waals surface area contributed by atoms with Crippen molar-refractivity contribution in [3.05, 3.63) is 64.0 Å². The normalized spacial score (nSPS) is 14.6. The first kappa shape index (κ1) is 18.6. The molecule has 0 atom stereocenters. The number of piperidine rings is 1. The molecule has 0 bridgehead atoms. The maximum atomic E-state index is 13.7. The highest BCUT2D eigenvalue weighted by molar-refractivity contribution is 9.10. The number of nitrogens with one attached hydrogen (secondary N) is 1. The number of halogens is 2. The standard InChI is InChI=1S/C20H21BrFN3O/c21-17-7-8-18(22)15(13-17)6-9-19(26)24-14-16-5-4-10-23-20(16)25-11-2-1-3-12-25/h4-10,13H,1-3,11-12,14H2,(H,24,26)/b9-6+. The Labute approximate surface area is 161 Å². The smallest absolute Gasteiger partial charge is 0.244 e. The summed E-state index contributed by atoms with van der Waals surface area (Å²) in [6.45, 7) is 2.39. The Morgan fingerprint density at radius 2 is 2.08 bits per heavy atom. The molecule has 0 radical (unpaired) electrons. The first-order valence-corrected chi connectivity index (χ1v) is 9.52. The van der Waals surface area contributed by atoms with E-state index in [0.29, 0.717) is 12.1 Å². The molecule has 4 nitrogen and oxygen atoms in total. The van der Waals surface area contributed by atoms with Gasteiger partial charge in [-0.3, -0.25) is 4.79 Å². The highest BCUT2D eigenvalue weighted by Gasteiger charge is 2.15. The number of aromatic nitrogens is 1. The molecule has 136 valence electrons. The topological polar surface area (TPSA) is 45.2 Å². The van der Waals surface area contributed by atoms with Gasteiger partial charge in [0, 0.05) is 47.5 Å². The van der Waals surface area contributed by atoms with Gasteiger partial charge in [0.05, 0.1) is 0 Å². The molecule has 0 unspecified atom stereocenters. The Morgan fingerprint density at radius 1 is 1.27 bits per heavy atom. The van der Waals surface area contributed by atoms with Crippen LogP contribution in [0.15, 0.2) is 47.1 Å². The number of pyridine rings is 1. The molecule has 1 N–H and O–H groups in total. The molecule has 2 aromatic rings. The maximum absolute atomic E-state index is 13.7. The molecule has 0 aliphatic carbocycles. The SMILES string of the molecule is O=C(/C=C/c1cc(Br)ccc1F)NCc1cccnc1N1CCCCC1. The van der Waals surface area contributed by atoms with Crippen LogP contribution in [0.2, 0.25) is 0 Å². The molecule has 1 aromatic carbocycles. The molecule has 1 aliphatic heterocycles. The minimum absolute atomic E-state index is 0.266. The highest BCUT2D eigenvalue weighted by atomic mass is 79.9. The van der Waals surface area contributed by atoms with Crippen molar-refractivity contribution in [2.24, 2.45) is 0 Å². The lowest BCUT2D eigenvalue weighted by Gasteiger charge is -2.29. The van der Waals surface area contributed by atoms with Gasteiger partial charge in [-0.05, 0) is 49.6 Å².